The van der Waals surface area contributed by atoms with E-state index in [-0.39, 0.29) is 17.9 Å². The monoisotopic (exact) mass is 351 g/mol. The Bertz CT molecular complexity index is 823. The summed E-state index contributed by atoms with van der Waals surface area (Å²) >= 11 is 1.44. The fourth-order valence-electron chi connectivity index (χ4n) is 2.83. The highest BCUT2D eigenvalue weighted by atomic mass is 32.2. The predicted molar refractivity (Wildman–Crippen MR) is 103 cm³/mol. The molecule has 0 bridgehead atoms. The molecule has 0 fully saturated rings. The van der Waals surface area contributed by atoms with Gasteiger partial charge < -0.3 is 0 Å². The van der Waals surface area contributed by atoms with Crippen molar-refractivity contribution < 1.29 is 9.59 Å². The Morgan fingerprint density at radius 3 is 2.16 bits per heavy atom. The molecule has 4 heteroatoms. The summed E-state index contributed by atoms with van der Waals surface area (Å²) in [5.41, 5.74) is 3.59. The summed E-state index contributed by atoms with van der Waals surface area (Å²) in [6.07, 6.45) is 0. The van der Waals surface area contributed by atoms with Crippen molar-refractivity contribution in [1.29, 1.82) is 0 Å². The van der Waals surface area contributed by atoms with Crippen LogP contribution in [0.2, 0.25) is 0 Å². The van der Waals surface area contributed by atoms with Gasteiger partial charge in [0.1, 0.15) is 0 Å². The number of carbonyl (C=O) groups is 2. The third kappa shape index (κ3) is 3.54. The van der Waals surface area contributed by atoms with Crippen LogP contribution in [0.3, 0.4) is 0 Å². The average molecular weight is 351 g/mol. The molecule has 0 atom stereocenters. The van der Waals surface area contributed by atoms with E-state index < -0.39 is 0 Å². The standard InChI is InChI=1S/C21H21NO2S/c1-14(2)22-20(23)18(17-11-9-15(3)10-12-17)19(21(22)24)25-13-16-7-5-4-6-8-16/h4-12,14H,13H2,1-3H3. The molecule has 0 aliphatic carbocycles. The van der Waals surface area contributed by atoms with Crippen molar-refractivity contribution in [2.75, 3.05) is 0 Å². The SMILES string of the molecule is Cc1ccc(C2=C(SCc3ccccc3)C(=O)N(C(C)C)C2=O)cc1. The average Bonchev–Trinajstić information content (AvgIpc) is 2.85. The molecule has 0 unspecified atom stereocenters. The maximum Gasteiger partial charge on any atom is 0.268 e. The van der Waals surface area contributed by atoms with Gasteiger partial charge in [-0.3, -0.25) is 14.5 Å². The molecule has 0 spiro atoms. The lowest BCUT2D eigenvalue weighted by molar-refractivity contribution is -0.138. The van der Waals surface area contributed by atoms with Crippen LogP contribution < -0.4 is 0 Å². The smallest absolute Gasteiger partial charge is 0.268 e. The van der Waals surface area contributed by atoms with Gasteiger partial charge in [-0.05, 0) is 31.9 Å². The van der Waals surface area contributed by atoms with Gasteiger partial charge in [-0.1, -0.05) is 60.2 Å². The first-order valence-corrected chi connectivity index (χ1v) is 9.33. The second kappa shape index (κ2) is 7.28. The van der Waals surface area contributed by atoms with Gasteiger partial charge in [-0.25, -0.2) is 0 Å². The van der Waals surface area contributed by atoms with E-state index in [0.717, 1.165) is 16.7 Å². The zero-order valence-corrected chi connectivity index (χ0v) is 15.5. The van der Waals surface area contributed by atoms with Crippen LogP contribution in [0.1, 0.15) is 30.5 Å². The number of imide groups is 1. The molecule has 128 valence electrons. The maximum absolute atomic E-state index is 12.9. The van der Waals surface area contributed by atoms with E-state index in [0.29, 0.717) is 16.2 Å². The third-order valence-corrected chi connectivity index (χ3v) is 5.30. The summed E-state index contributed by atoms with van der Waals surface area (Å²) < 4.78 is 0. The molecule has 1 aliphatic heterocycles. The molecule has 0 aromatic heterocycles. The van der Waals surface area contributed by atoms with Crippen LogP contribution in [0.4, 0.5) is 0 Å². The molecule has 0 radical (unpaired) electrons. The van der Waals surface area contributed by atoms with Crippen LogP contribution in [-0.2, 0) is 15.3 Å². The second-order valence-electron chi connectivity index (χ2n) is 6.42. The highest BCUT2D eigenvalue weighted by Gasteiger charge is 2.40. The molecule has 0 N–H and O–H groups in total. The van der Waals surface area contributed by atoms with E-state index in [1.165, 1.54) is 16.7 Å². The Morgan fingerprint density at radius 2 is 1.56 bits per heavy atom. The van der Waals surface area contributed by atoms with Crippen molar-refractivity contribution in [3.05, 3.63) is 76.2 Å². The van der Waals surface area contributed by atoms with Crippen LogP contribution in [0.25, 0.3) is 5.57 Å². The Labute approximate surface area is 152 Å². The lowest BCUT2D eigenvalue weighted by Crippen LogP contribution is -2.37. The first-order chi connectivity index (χ1) is 12.0. The van der Waals surface area contributed by atoms with Gasteiger partial charge in [-0.15, -0.1) is 11.8 Å². The quantitative estimate of drug-likeness (QED) is 0.749. The van der Waals surface area contributed by atoms with E-state index in [1.807, 2.05) is 75.4 Å². The van der Waals surface area contributed by atoms with E-state index in [2.05, 4.69) is 0 Å². The molecule has 25 heavy (non-hydrogen) atoms. The Morgan fingerprint density at radius 1 is 0.920 bits per heavy atom. The highest BCUT2D eigenvalue weighted by molar-refractivity contribution is 8.03. The van der Waals surface area contributed by atoms with Gasteiger partial charge in [0.2, 0.25) is 0 Å². The number of benzene rings is 2. The predicted octanol–water partition coefficient (Wildman–Crippen LogP) is 4.42. The summed E-state index contributed by atoms with van der Waals surface area (Å²) in [6.45, 7) is 5.74. The molecule has 0 saturated heterocycles. The normalized spacial score (nSPS) is 14.8. The minimum absolute atomic E-state index is 0.157. The zero-order valence-electron chi connectivity index (χ0n) is 14.7. The van der Waals surface area contributed by atoms with Crippen LogP contribution in [0.15, 0.2) is 59.5 Å². The number of amides is 2. The number of hydrogen-bond acceptors (Lipinski definition) is 3. The van der Waals surface area contributed by atoms with Crippen molar-refractivity contribution in [2.45, 2.75) is 32.6 Å². The van der Waals surface area contributed by atoms with Gasteiger partial charge >= 0.3 is 0 Å². The minimum Gasteiger partial charge on any atom is -0.271 e. The lowest BCUT2D eigenvalue weighted by atomic mass is 10.0. The van der Waals surface area contributed by atoms with Crippen LogP contribution in [-0.4, -0.2) is 22.8 Å². The second-order valence-corrected chi connectivity index (χ2v) is 7.40. The molecule has 2 amide bonds. The molecule has 3 nitrogen and oxygen atoms in total. The lowest BCUT2D eigenvalue weighted by Gasteiger charge is -2.19. The van der Waals surface area contributed by atoms with Crippen molar-refractivity contribution >= 4 is 29.1 Å². The number of thioether (sulfide) groups is 1. The van der Waals surface area contributed by atoms with Gasteiger partial charge in [0.15, 0.2) is 0 Å². The summed E-state index contributed by atoms with van der Waals surface area (Å²) in [6, 6.07) is 17.6. The largest absolute Gasteiger partial charge is 0.271 e. The van der Waals surface area contributed by atoms with Crippen molar-refractivity contribution in [3.8, 4) is 0 Å². The number of carbonyl (C=O) groups excluding carboxylic acids is 2. The molecule has 3 rings (SSSR count). The molecule has 1 aliphatic rings. The topological polar surface area (TPSA) is 37.4 Å². The molecule has 2 aromatic carbocycles. The van der Waals surface area contributed by atoms with E-state index in [4.69, 9.17) is 0 Å². The Kier molecular flexibility index (Phi) is 5.09. The van der Waals surface area contributed by atoms with E-state index >= 15 is 0 Å². The minimum atomic E-state index is -0.195. The van der Waals surface area contributed by atoms with Gasteiger partial charge in [0, 0.05) is 11.8 Å². The molecule has 0 saturated carbocycles. The van der Waals surface area contributed by atoms with Crippen LogP contribution in [0.5, 0.6) is 0 Å². The fraction of sp³-hybridized carbons (Fsp3) is 0.238. The summed E-state index contributed by atoms with van der Waals surface area (Å²) in [4.78, 5) is 27.7. The van der Waals surface area contributed by atoms with Crippen LogP contribution in [0, 0.1) is 6.92 Å². The van der Waals surface area contributed by atoms with Crippen LogP contribution >= 0.6 is 11.8 Å². The molecular formula is C21H21NO2S. The molecular weight excluding hydrogens is 330 g/mol. The number of rotatable bonds is 5. The number of nitrogens with zero attached hydrogens (tertiary/aromatic N) is 1. The van der Waals surface area contributed by atoms with Gasteiger partial charge in [0.05, 0.1) is 10.5 Å². The molecule has 2 aromatic rings. The summed E-state index contributed by atoms with van der Waals surface area (Å²) in [7, 11) is 0. The van der Waals surface area contributed by atoms with Crippen molar-refractivity contribution in [3.63, 3.8) is 0 Å². The number of aryl methyl sites for hydroxylation is 1. The van der Waals surface area contributed by atoms with Gasteiger partial charge in [0.25, 0.3) is 11.8 Å². The fourth-order valence-corrected chi connectivity index (χ4v) is 3.91. The van der Waals surface area contributed by atoms with Crippen molar-refractivity contribution in [2.24, 2.45) is 0 Å². The van der Waals surface area contributed by atoms with E-state index in [1.54, 1.807) is 0 Å². The zero-order chi connectivity index (χ0) is 18.0. The Hall–Kier alpha value is -2.33. The highest BCUT2D eigenvalue weighted by Crippen LogP contribution is 2.38. The number of hydrogen-bond donors (Lipinski definition) is 0. The molecule has 1 heterocycles. The first kappa shape index (κ1) is 17.5. The van der Waals surface area contributed by atoms with E-state index in [9.17, 15) is 9.59 Å². The Balaban J connectivity index is 1.98. The third-order valence-electron chi connectivity index (χ3n) is 4.16. The van der Waals surface area contributed by atoms with Gasteiger partial charge in [-0.2, -0.15) is 0 Å². The van der Waals surface area contributed by atoms with Crippen molar-refractivity contribution in [1.82, 2.24) is 4.90 Å². The summed E-state index contributed by atoms with van der Waals surface area (Å²) in [5.74, 6) is 0.284. The first-order valence-electron chi connectivity index (χ1n) is 8.35. The maximum atomic E-state index is 12.9. The summed E-state index contributed by atoms with van der Waals surface area (Å²) in [5, 5.41) is 0.